The molecule has 1 saturated carbocycles. The zero-order chi connectivity index (χ0) is 13.2. The summed E-state index contributed by atoms with van der Waals surface area (Å²) in [6.07, 6.45) is 8.53. The molecule has 18 heavy (non-hydrogen) atoms. The van der Waals surface area contributed by atoms with E-state index in [4.69, 9.17) is 5.73 Å². The highest BCUT2D eigenvalue weighted by molar-refractivity contribution is 4.97. The molecule has 2 rings (SSSR count). The molecular formula is C15H30N2O. The van der Waals surface area contributed by atoms with Gasteiger partial charge in [0.25, 0.3) is 0 Å². The van der Waals surface area contributed by atoms with Gasteiger partial charge in [0.05, 0.1) is 6.61 Å². The van der Waals surface area contributed by atoms with Crippen molar-refractivity contribution >= 4 is 0 Å². The number of nitrogens with zero attached hydrogens (tertiary/aromatic N) is 1. The van der Waals surface area contributed by atoms with E-state index in [1.165, 1.54) is 38.6 Å². The van der Waals surface area contributed by atoms with Crippen LogP contribution in [0.2, 0.25) is 0 Å². The number of rotatable bonds is 5. The van der Waals surface area contributed by atoms with E-state index in [1.807, 2.05) is 0 Å². The van der Waals surface area contributed by atoms with Crippen LogP contribution in [-0.4, -0.2) is 40.8 Å². The summed E-state index contributed by atoms with van der Waals surface area (Å²) < 4.78 is 0. The Balaban J connectivity index is 1.87. The van der Waals surface area contributed by atoms with E-state index in [9.17, 15) is 5.11 Å². The third kappa shape index (κ3) is 2.73. The van der Waals surface area contributed by atoms with Crippen LogP contribution in [0.25, 0.3) is 0 Å². The lowest BCUT2D eigenvalue weighted by Crippen LogP contribution is -2.48. The first-order valence-electron chi connectivity index (χ1n) is 7.76. The van der Waals surface area contributed by atoms with Crippen LogP contribution in [0.4, 0.5) is 0 Å². The Hall–Kier alpha value is -0.120. The number of nitrogens with two attached hydrogens (primary N) is 1. The van der Waals surface area contributed by atoms with E-state index in [0.29, 0.717) is 5.92 Å². The average molecular weight is 254 g/mol. The van der Waals surface area contributed by atoms with Crippen molar-refractivity contribution in [3.05, 3.63) is 0 Å². The van der Waals surface area contributed by atoms with Gasteiger partial charge in [0, 0.05) is 17.6 Å². The SMILES string of the molecule is CCC1CCC(C)N1CCC1CCCC1(N)CO. The largest absolute Gasteiger partial charge is 0.394 e. The molecule has 1 saturated heterocycles. The molecule has 106 valence electrons. The van der Waals surface area contributed by atoms with Gasteiger partial charge in [0.1, 0.15) is 0 Å². The highest BCUT2D eigenvalue weighted by Crippen LogP contribution is 2.37. The fraction of sp³-hybridized carbons (Fsp3) is 1.00. The molecule has 0 aromatic carbocycles. The molecule has 2 fully saturated rings. The summed E-state index contributed by atoms with van der Waals surface area (Å²) in [4.78, 5) is 2.68. The van der Waals surface area contributed by atoms with E-state index in [0.717, 1.165) is 24.9 Å². The topological polar surface area (TPSA) is 49.5 Å². The van der Waals surface area contributed by atoms with Gasteiger partial charge in [0.15, 0.2) is 0 Å². The lowest BCUT2D eigenvalue weighted by molar-refractivity contribution is 0.131. The Bertz CT molecular complexity index is 269. The summed E-state index contributed by atoms with van der Waals surface area (Å²) in [5.74, 6) is 0.521. The number of hydrogen-bond acceptors (Lipinski definition) is 3. The van der Waals surface area contributed by atoms with Crippen LogP contribution in [0.1, 0.15) is 58.8 Å². The zero-order valence-corrected chi connectivity index (χ0v) is 12.1. The minimum Gasteiger partial charge on any atom is -0.394 e. The van der Waals surface area contributed by atoms with Crippen molar-refractivity contribution < 1.29 is 5.11 Å². The molecule has 1 heterocycles. The second-order valence-corrected chi connectivity index (χ2v) is 6.50. The molecular weight excluding hydrogens is 224 g/mol. The van der Waals surface area contributed by atoms with Crippen LogP contribution in [0, 0.1) is 5.92 Å². The van der Waals surface area contributed by atoms with Crippen LogP contribution in [0.5, 0.6) is 0 Å². The second-order valence-electron chi connectivity index (χ2n) is 6.50. The fourth-order valence-electron chi connectivity index (χ4n) is 4.08. The molecule has 0 aromatic rings. The molecule has 2 aliphatic rings. The monoisotopic (exact) mass is 254 g/mol. The van der Waals surface area contributed by atoms with Crippen molar-refractivity contribution in [2.45, 2.75) is 76.4 Å². The van der Waals surface area contributed by atoms with Gasteiger partial charge in [-0.05, 0) is 57.9 Å². The molecule has 0 spiro atoms. The van der Waals surface area contributed by atoms with Gasteiger partial charge in [-0.2, -0.15) is 0 Å². The van der Waals surface area contributed by atoms with E-state index in [-0.39, 0.29) is 12.1 Å². The maximum atomic E-state index is 9.50. The van der Waals surface area contributed by atoms with Crippen LogP contribution in [0.3, 0.4) is 0 Å². The average Bonchev–Trinajstić information content (AvgIpc) is 2.91. The number of aliphatic hydroxyl groups is 1. The quantitative estimate of drug-likeness (QED) is 0.790. The molecule has 3 heteroatoms. The highest BCUT2D eigenvalue weighted by Gasteiger charge is 2.39. The standard InChI is InChI=1S/C15H30N2O/c1-3-14-7-6-12(2)17(14)10-8-13-5-4-9-15(13,16)11-18/h12-14,18H,3-11,16H2,1-2H3. The zero-order valence-electron chi connectivity index (χ0n) is 12.1. The number of aliphatic hydroxyl groups excluding tert-OH is 1. The predicted octanol–water partition coefficient (Wildman–Crippen LogP) is 2.13. The van der Waals surface area contributed by atoms with Crippen molar-refractivity contribution in [1.82, 2.24) is 4.90 Å². The first kappa shape index (κ1) is 14.3. The van der Waals surface area contributed by atoms with Crippen LogP contribution >= 0.6 is 0 Å². The molecule has 3 nitrogen and oxygen atoms in total. The van der Waals surface area contributed by atoms with Gasteiger partial charge in [-0.15, -0.1) is 0 Å². The van der Waals surface area contributed by atoms with Gasteiger partial charge in [-0.1, -0.05) is 13.3 Å². The molecule has 0 aromatic heterocycles. The summed E-state index contributed by atoms with van der Waals surface area (Å²) >= 11 is 0. The summed E-state index contributed by atoms with van der Waals surface area (Å²) in [6, 6.07) is 1.51. The third-order valence-electron chi connectivity index (χ3n) is 5.46. The van der Waals surface area contributed by atoms with Crippen molar-refractivity contribution in [2.24, 2.45) is 11.7 Å². The molecule has 0 radical (unpaired) electrons. The summed E-state index contributed by atoms with van der Waals surface area (Å²) in [5.41, 5.74) is 6.03. The van der Waals surface area contributed by atoms with E-state index in [1.54, 1.807) is 0 Å². The molecule has 4 unspecified atom stereocenters. The Morgan fingerprint density at radius 3 is 2.78 bits per heavy atom. The molecule has 4 atom stereocenters. The molecule has 1 aliphatic heterocycles. The van der Waals surface area contributed by atoms with Crippen LogP contribution in [0.15, 0.2) is 0 Å². The number of likely N-dealkylation sites (tertiary alicyclic amines) is 1. The van der Waals surface area contributed by atoms with Gasteiger partial charge >= 0.3 is 0 Å². The fourth-order valence-corrected chi connectivity index (χ4v) is 4.08. The van der Waals surface area contributed by atoms with Crippen molar-refractivity contribution in [3.8, 4) is 0 Å². The lowest BCUT2D eigenvalue weighted by atomic mass is 9.86. The maximum absolute atomic E-state index is 9.50. The van der Waals surface area contributed by atoms with E-state index in [2.05, 4.69) is 18.7 Å². The minimum atomic E-state index is -0.287. The van der Waals surface area contributed by atoms with E-state index < -0.39 is 0 Å². The predicted molar refractivity (Wildman–Crippen MR) is 75.4 cm³/mol. The van der Waals surface area contributed by atoms with Crippen molar-refractivity contribution in [2.75, 3.05) is 13.2 Å². The number of hydrogen-bond donors (Lipinski definition) is 2. The smallest absolute Gasteiger partial charge is 0.0613 e. The van der Waals surface area contributed by atoms with Crippen LogP contribution in [-0.2, 0) is 0 Å². The lowest BCUT2D eigenvalue weighted by Gasteiger charge is -2.33. The van der Waals surface area contributed by atoms with Crippen molar-refractivity contribution in [3.63, 3.8) is 0 Å². The highest BCUT2D eigenvalue weighted by atomic mass is 16.3. The summed E-state index contributed by atoms with van der Waals surface area (Å²) in [7, 11) is 0. The molecule has 0 bridgehead atoms. The van der Waals surface area contributed by atoms with Crippen LogP contribution < -0.4 is 5.73 Å². The Morgan fingerprint density at radius 2 is 2.11 bits per heavy atom. The summed E-state index contributed by atoms with van der Waals surface area (Å²) in [6.45, 7) is 5.98. The van der Waals surface area contributed by atoms with Gasteiger partial charge in [-0.3, -0.25) is 4.90 Å². The maximum Gasteiger partial charge on any atom is 0.0613 e. The molecule has 0 amide bonds. The summed E-state index contributed by atoms with van der Waals surface area (Å²) in [5, 5.41) is 9.50. The Kier molecular flexibility index (Phi) is 4.68. The van der Waals surface area contributed by atoms with Crippen molar-refractivity contribution in [1.29, 1.82) is 0 Å². The van der Waals surface area contributed by atoms with Gasteiger partial charge < -0.3 is 10.8 Å². The third-order valence-corrected chi connectivity index (χ3v) is 5.46. The van der Waals surface area contributed by atoms with Gasteiger partial charge in [0.2, 0.25) is 0 Å². The first-order chi connectivity index (χ1) is 8.60. The molecule has 3 N–H and O–H groups in total. The Labute approximate surface area is 112 Å². The van der Waals surface area contributed by atoms with E-state index >= 15 is 0 Å². The second kappa shape index (κ2) is 5.89. The van der Waals surface area contributed by atoms with Gasteiger partial charge in [-0.25, -0.2) is 0 Å². The molecule has 1 aliphatic carbocycles. The Morgan fingerprint density at radius 1 is 1.33 bits per heavy atom. The minimum absolute atomic E-state index is 0.157. The normalized spacial score (nSPS) is 41.7. The first-order valence-corrected chi connectivity index (χ1v) is 7.76.